The maximum absolute atomic E-state index is 4.09. The molecule has 0 saturated carbocycles. The second kappa shape index (κ2) is 2.54. The Bertz CT molecular complexity index is 174. The van der Waals surface area contributed by atoms with Crippen molar-refractivity contribution in [1.82, 2.24) is 4.90 Å². The van der Waals surface area contributed by atoms with Crippen molar-refractivity contribution < 1.29 is 0 Å². The van der Waals surface area contributed by atoms with Gasteiger partial charge in [0.05, 0.1) is 0 Å². The van der Waals surface area contributed by atoms with Crippen LogP contribution in [0.1, 0.15) is 26.2 Å². The van der Waals surface area contributed by atoms with Crippen molar-refractivity contribution in [2.75, 3.05) is 13.1 Å². The van der Waals surface area contributed by atoms with Crippen LogP contribution in [0.15, 0.2) is 12.3 Å². The first-order valence-electron chi connectivity index (χ1n) is 4.74. The Balaban J connectivity index is 2.10. The molecule has 62 valence electrons. The second-order valence-corrected chi connectivity index (χ2v) is 3.93. The van der Waals surface area contributed by atoms with Gasteiger partial charge in [-0.3, -0.25) is 0 Å². The Hall–Kier alpha value is -0.460. The van der Waals surface area contributed by atoms with Crippen LogP contribution >= 0.6 is 0 Å². The Morgan fingerprint density at radius 2 is 2.45 bits per heavy atom. The average molecular weight is 151 g/mol. The van der Waals surface area contributed by atoms with Gasteiger partial charge in [-0.15, -0.1) is 0 Å². The molecule has 0 radical (unpaired) electrons. The van der Waals surface area contributed by atoms with Crippen molar-refractivity contribution in [1.29, 1.82) is 0 Å². The molecular formula is C10H17N. The summed E-state index contributed by atoms with van der Waals surface area (Å²) >= 11 is 0. The van der Waals surface area contributed by atoms with Crippen molar-refractivity contribution in [3.05, 3.63) is 12.3 Å². The lowest BCUT2D eigenvalue weighted by Crippen LogP contribution is -2.45. The number of hydrogen-bond donors (Lipinski definition) is 0. The van der Waals surface area contributed by atoms with Gasteiger partial charge in [-0.1, -0.05) is 19.9 Å². The lowest BCUT2D eigenvalue weighted by molar-refractivity contribution is 0.0894. The van der Waals surface area contributed by atoms with E-state index in [0.717, 1.165) is 11.8 Å². The quantitative estimate of drug-likeness (QED) is 0.555. The summed E-state index contributed by atoms with van der Waals surface area (Å²) in [7, 11) is 0. The highest BCUT2D eigenvalue weighted by atomic mass is 15.2. The van der Waals surface area contributed by atoms with E-state index in [1.807, 2.05) is 0 Å². The SMILES string of the molecule is C=C1C[C@@H]2CCN1C[C@@H]2CC. The van der Waals surface area contributed by atoms with Crippen LogP contribution < -0.4 is 0 Å². The molecule has 0 aliphatic carbocycles. The van der Waals surface area contributed by atoms with E-state index in [0.29, 0.717) is 0 Å². The molecule has 0 aromatic carbocycles. The van der Waals surface area contributed by atoms with Crippen LogP contribution in [0.2, 0.25) is 0 Å². The highest BCUT2D eigenvalue weighted by molar-refractivity contribution is 5.05. The second-order valence-electron chi connectivity index (χ2n) is 3.93. The lowest BCUT2D eigenvalue weighted by atomic mass is 9.77. The predicted octanol–water partition coefficient (Wildman–Crippen LogP) is 2.25. The molecule has 3 heterocycles. The van der Waals surface area contributed by atoms with E-state index >= 15 is 0 Å². The lowest BCUT2D eigenvalue weighted by Gasteiger charge is -2.47. The van der Waals surface area contributed by atoms with E-state index in [1.165, 1.54) is 38.0 Å². The van der Waals surface area contributed by atoms with Gasteiger partial charge in [-0.2, -0.15) is 0 Å². The van der Waals surface area contributed by atoms with E-state index < -0.39 is 0 Å². The summed E-state index contributed by atoms with van der Waals surface area (Å²) in [5.74, 6) is 1.94. The zero-order valence-electron chi connectivity index (χ0n) is 7.34. The van der Waals surface area contributed by atoms with Gasteiger partial charge in [0.15, 0.2) is 0 Å². The van der Waals surface area contributed by atoms with Crippen LogP contribution in [-0.4, -0.2) is 18.0 Å². The first-order valence-corrected chi connectivity index (χ1v) is 4.74. The maximum Gasteiger partial charge on any atom is 0.0205 e. The van der Waals surface area contributed by atoms with Gasteiger partial charge >= 0.3 is 0 Å². The highest BCUT2D eigenvalue weighted by Gasteiger charge is 2.34. The standard InChI is InChI=1S/C10H17N/c1-3-9-7-11-5-4-10(9)6-8(11)2/h9-10H,2-7H2,1H3/t9-,10-/m0/s1. The van der Waals surface area contributed by atoms with Crippen LogP contribution in [0.5, 0.6) is 0 Å². The molecule has 0 amide bonds. The molecule has 11 heavy (non-hydrogen) atoms. The summed E-state index contributed by atoms with van der Waals surface area (Å²) in [6, 6.07) is 0. The molecule has 0 N–H and O–H groups in total. The van der Waals surface area contributed by atoms with Gasteiger partial charge in [0.1, 0.15) is 0 Å². The fourth-order valence-corrected chi connectivity index (χ4v) is 2.53. The van der Waals surface area contributed by atoms with Crippen LogP contribution in [-0.2, 0) is 0 Å². The number of allylic oxidation sites excluding steroid dienone is 1. The fraction of sp³-hybridized carbons (Fsp3) is 0.800. The van der Waals surface area contributed by atoms with Crippen LogP contribution in [0, 0.1) is 11.8 Å². The monoisotopic (exact) mass is 151 g/mol. The molecule has 0 unspecified atom stereocenters. The number of piperidine rings is 3. The van der Waals surface area contributed by atoms with Crippen molar-refractivity contribution >= 4 is 0 Å². The number of fused-ring (bicyclic) bond motifs is 3. The molecule has 3 rings (SSSR count). The third-order valence-corrected chi connectivity index (χ3v) is 3.36. The molecule has 3 fully saturated rings. The fourth-order valence-electron chi connectivity index (χ4n) is 2.53. The molecule has 0 aromatic rings. The van der Waals surface area contributed by atoms with Crippen molar-refractivity contribution in [3.63, 3.8) is 0 Å². The molecular weight excluding hydrogens is 134 g/mol. The van der Waals surface area contributed by atoms with Gasteiger partial charge in [0.2, 0.25) is 0 Å². The topological polar surface area (TPSA) is 3.24 Å². The first kappa shape index (κ1) is 7.20. The molecule has 3 saturated heterocycles. The summed E-state index contributed by atoms with van der Waals surface area (Å²) in [5.41, 5.74) is 1.39. The van der Waals surface area contributed by atoms with E-state index in [4.69, 9.17) is 0 Å². The zero-order valence-corrected chi connectivity index (χ0v) is 7.34. The summed E-state index contributed by atoms with van der Waals surface area (Å²) in [5, 5.41) is 0. The number of rotatable bonds is 1. The Morgan fingerprint density at radius 3 is 2.91 bits per heavy atom. The van der Waals surface area contributed by atoms with E-state index in [2.05, 4.69) is 18.4 Å². The molecule has 3 aliphatic heterocycles. The minimum Gasteiger partial charge on any atom is -0.375 e. The average Bonchev–Trinajstić information content (AvgIpc) is 2.05. The van der Waals surface area contributed by atoms with Gasteiger partial charge in [-0.25, -0.2) is 0 Å². The van der Waals surface area contributed by atoms with E-state index in [9.17, 15) is 0 Å². The highest BCUT2D eigenvalue weighted by Crippen LogP contribution is 2.38. The molecule has 2 atom stereocenters. The minimum atomic E-state index is 0.967. The van der Waals surface area contributed by atoms with Crippen molar-refractivity contribution in [3.8, 4) is 0 Å². The van der Waals surface area contributed by atoms with E-state index in [-0.39, 0.29) is 0 Å². The smallest absolute Gasteiger partial charge is 0.0205 e. The largest absolute Gasteiger partial charge is 0.375 e. The van der Waals surface area contributed by atoms with Crippen molar-refractivity contribution in [2.24, 2.45) is 11.8 Å². The minimum absolute atomic E-state index is 0.967. The molecule has 0 spiro atoms. The van der Waals surface area contributed by atoms with Crippen LogP contribution in [0.3, 0.4) is 0 Å². The van der Waals surface area contributed by atoms with E-state index in [1.54, 1.807) is 0 Å². The van der Waals surface area contributed by atoms with Gasteiger partial charge < -0.3 is 4.90 Å². The van der Waals surface area contributed by atoms with Gasteiger partial charge in [-0.05, 0) is 24.7 Å². The van der Waals surface area contributed by atoms with Gasteiger partial charge in [0, 0.05) is 18.8 Å². The normalized spacial score (nSPS) is 36.5. The van der Waals surface area contributed by atoms with Gasteiger partial charge in [0.25, 0.3) is 0 Å². The molecule has 1 heteroatoms. The van der Waals surface area contributed by atoms with Crippen LogP contribution in [0.4, 0.5) is 0 Å². The van der Waals surface area contributed by atoms with Crippen molar-refractivity contribution in [2.45, 2.75) is 26.2 Å². The first-order chi connectivity index (χ1) is 5.31. The molecule has 1 nitrogen and oxygen atoms in total. The third kappa shape index (κ3) is 1.07. The molecule has 2 bridgehead atoms. The summed E-state index contributed by atoms with van der Waals surface area (Å²) in [4.78, 5) is 2.48. The van der Waals surface area contributed by atoms with Crippen LogP contribution in [0.25, 0.3) is 0 Å². The summed E-state index contributed by atoms with van der Waals surface area (Å²) in [6.45, 7) is 8.98. The Labute approximate surface area is 69.1 Å². The summed E-state index contributed by atoms with van der Waals surface area (Å²) < 4.78 is 0. The molecule has 3 aliphatic rings. The zero-order chi connectivity index (χ0) is 7.84. The Morgan fingerprint density at radius 1 is 1.64 bits per heavy atom. The third-order valence-electron chi connectivity index (χ3n) is 3.36. The molecule has 0 aromatic heterocycles. The number of hydrogen-bond acceptors (Lipinski definition) is 1. The Kier molecular flexibility index (Phi) is 1.67. The number of nitrogens with zero attached hydrogens (tertiary/aromatic N) is 1. The summed E-state index contributed by atoms with van der Waals surface area (Å²) in [6.07, 6.45) is 4.05. The maximum atomic E-state index is 4.09. The predicted molar refractivity (Wildman–Crippen MR) is 47.2 cm³/mol.